The summed E-state index contributed by atoms with van der Waals surface area (Å²) in [5.74, 6) is 0.280. The number of aromatic nitrogens is 1. The summed E-state index contributed by atoms with van der Waals surface area (Å²) in [7, 11) is 0. The van der Waals surface area contributed by atoms with Gasteiger partial charge in [-0.2, -0.15) is 0 Å². The van der Waals surface area contributed by atoms with Crippen LogP contribution in [0.5, 0.6) is 5.75 Å². The van der Waals surface area contributed by atoms with Gasteiger partial charge in [0.15, 0.2) is 0 Å². The van der Waals surface area contributed by atoms with Crippen LogP contribution in [0.15, 0.2) is 29.6 Å². The van der Waals surface area contributed by atoms with Gasteiger partial charge in [-0.25, -0.2) is 4.98 Å². The molecule has 0 bridgehead atoms. The molecule has 0 aliphatic heterocycles. The zero-order chi connectivity index (χ0) is 11.5. The number of aromatic hydroxyl groups is 1. The average molecular weight is 234 g/mol. The quantitative estimate of drug-likeness (QED) is 0.801. The van der Waals surface area contributed by atoms with E-state index < -0.39 is 0 Å². The first-order chi connectivity index (χ1) is 7.65. The molecule has 0 aliphatic rings. The number of thiazole rings is 1. The molecule has 4 heteroatoms. The van der Waals surface area contributed by atoms with E-state index in [-0.39, 0.29) is 11.8 Å². The van der Waals surface area contributed by atoms with Crippen LogP contribution in [0.2, 0.25) is 0 Å². The summed E-state index contributed by atoms with van der Waals surface area (Å²) in [6.45, 7) is 4.07. The fraction of sp³-hybridized carbons (Fsp3) is 0.250. The Morgan fingerprint density at radius 2 is 2.00 bits per heavy atom. The van der Waals surface area contributed by atoms with E-state index >= 15 is 0 Å². The van der Waals surface area contributed by atoms with Gasteiger partial charge in [0, 0.05) is 11.1 Å². The summed E-state index contributed by atoms with van der Waals surface area (Å²) in [6, 6.07) is 7.22. The Hall–Kier alpha value is -1.55. The summed E-state index contributed by atoms with van der Waals surface area (Å²) in [5, 5.41) is 15.6. The number of nitrogens with one attached hydrogen (secondary N) is 1. The molecule has 1 unspecified atom stereocenters. The van der Waals surface area contributed by atoms with Crippen LogP contribution in [0.25, 0.3) is 0 Å². The number of hydrogen-bond acceptors (Lipinski definition) is 4. The predicted molar refractivity (Wildman–Crippen MR) is 67.0 cm³/mol. The maximum atomic E-state index is 9.17. The highest BCUT2D eigenvalue weighted by molar-refractivity contribution is 7.09. The Kier molecular flexibility index (Phi) is 3.10. The zero-order valence-electron chi connectivity index (χ0n) is 9.27. The van der Waals surface area contributed by atoms with Crippen molar-refractivity contribution in [2.45, 2.75) is 19.9 Å². The van der Waals surface area contributed by atoms with Crippen molar-refractivity contribution in [3.8, 4) is 5.75 Å². The van der Waals surface area contributed by atoms with E-state index in [1.54, 1.807) is 23.5 Å². The summed E-state index contributed by atoms with van der Waals surface area (Å²) in [6.07, 6.45) is 0. The van der Waals surface area contributed by atoms with Crippen LogP contribution in [0.1, 0.15) is 23.7 Å². The first-order valence-corrected chi connectivity index (χ1v) is 6.01. The molecule has 1 heterocycles. The highest BCUT2D eigenvalue weighted by Crippen LogP contribution is 2.22. The van der Waals surface area contributed by atoms with Gasteiger partial charge in [-0.15, -0.1) is 11.3 Å². The van der Waals surface area contributed by atoms with Crippen molar-refractivity contribution in [1.82, 2.24) is 4.98 Å². The molecule has 2 rings (SSSR count). The Bertz CT molecular complexity index is 464. The second-order valence-corrected chi connectivity index (χ2v) is 4.77. The molecular weight excluding hydrogens is 220 g/mol. The monoisotopic (exact) mass is 234 g/mol. The third-order valence-corrected chi connectivity index (χ3v) is 3.12. The highest BCUT2D eigenvalue weighted by Gasteiger charge is 2.08. The minimum absolute atomic E-state index is 0.175. The molecule has 0 spiro atoms. The number of rotatable bonds is 3. The summed E-state index contributed by atoms with van der Waals surface area (Å²) >= 11 is 1.65. The number of phenols is 1. The lowest BCUT2D eigenvalue weighted by Gasteiger charge is -2.12. The minimum atomic E-state index is 0.175. The first kappa shape index (κ1) is 11.0. The molecule has 0 saturated heterocycles. The van der Waals surface area contributed by atoms with Gasteiger partial charge in [0.1, 0.15) is 5.75 Å². The van der Waals surface area contributed by atoms with Crippen molar-refractivity contribution < 1.29 is 5.11 Å². The molecule has 1 atom stereocenters. The second kappa shape index (κ2) is 4.53. The number of phenolic OH excluding ortho intramolecular Hbond substituents is 1. The molecule has 1 aromatic heterocycles. The van der Waals surface area contributed by atoms with Gasteiger partial charge in [0.25, 0.3) is 0 Å². The number of nitrogens with zero attached hydrogens (tertiary/aromatic N) is 1. The molecular formula is C12H14N2OS. The van der Waals surface area contributed by atoms with E-state index in [1.165, 1.54) is 0 Å². The molecule has 2 N–H and O–H groups in total. The van der Waals surface area contributed by atoms with Gasteiger partial charge in [0.2, 0.25) is 0 Å². The van der Waals surface area contributed by atoms with Gasteiger partial charge < -0.3 is 10.4 Å². The van der Waals surface area contributed by atoms with Crippen molar-refractivity contribution in [1.29, 1.82) is 0 Å². The molecule has 84 valence electrons. The molecule has 0 amide bonds. The third-order valence-electron chi connectivity index (χ3n) is 2.33. The Morgan fingerprint density at radius 3 is 2.56 bits per heavy atom. The van der Waals surface area contributed by atoms with Gasteiger partial charge >= 0.3 is 0 Å². The predicted octanol–water partition coefficient (Wildman–Crippen LogP) is 3.33. The average Bonchev–Trinajstić information content (AvgIpc) is 2.68. The fourth-order valence-corrected chi connectivity index (χ4v) is 2.17. The lowest BCUT2D eigenvalue weighted by molar-refractivity contribution is 0.475. The van der Waals surface area contributed by atoms with E-state index in [1.807, 2.05) is 19.1 Å². The van der Waals surface area contributed by atoms with Gasteiger partial charge in [-0.1, -0.05) is 0 Å². The highest BCUT2D eigenvalue weighted by atomic mass is 32.1. The van der Waals surface area contributed by atoms with Crippen LogP contribution in [0, 0.1) is 6.92 Å². The number of benzene rings is 1. The molecule has 0 radical (unpaired) electrons. The smallest absolute Gasteiger partial charge is 0.115 e. The summed E-state index contributed by atoms with van der Waals surface area (Å²) in [5.41, 5.74) is 2.03. The number of hydrogen-bond donors (Lipinski definition) is 2. The fourth-order valence-electron chi connectivity index (χ4n) is 1.46. The van der Waals surface area contributed by atoms with Gasteiger partial charge in [-0.05, 0) is 38.1 Å². The van der Waals surface area contributed by atoms with Gasteiger partial charge in [-0.3, -0.25) is 0 Å². The minimum Gasteiger partial charge on any atom is -0.508 e. The maximum Gasteiger partial charge on any atom is 0.115 e. The van der Waals surface area contributed by atoms with Crippen LogP contribution >= 0.6 is 11.3 Å². The van der Waals surface area contributed by atoms with Crippen molar-refractivity contribution in [3.63, 3.8) is 0 Å². The topological polar surface area (TPSA) is 45.2 Å². The van der Waals surface area contributed by atoms with Crippen LogP contribution in [0.4, 0.5) is 5.69 Å². The number of aryl methyl sites for hydroxylation is 1. The third kappa shape index (κ3) is 2.52. The number of anilines is 1. The molecule has 0 fully saturated rings. The molecule has 2 aromatic rings. The second-order valence-electron chi connectivity index (χ2n) is 3.70. The van der Waals surface area contributed by atoms with E-state index in [9.17, 15) is 5.11 Å². The van der Waals surface area contributed by atoms with E-state index in [4.69, 9.17) is 0 Å². The largest absolute Gasteiger partial charge is 0.508 e. The Morgan fingerprint density at radius 1 is 1.31 bits per heavy atom. The first-order valence-electron chi connectivity index (χ1n) is 5.13. The van der Waals surface area contributed by atoms with Crippen molar-refractivity contribution in [2.75, 3.05) is 5.32 Å². The van der Waals surface area contributed by atoms with Crippen LogP contribution in [-0.4, -0.2) is 10.1 Å². The summed E-state index contributed by atoms with van der Waals surface area (Å²) < 4.78 is 0. The molecule has 0 aliphatic carbocycles. The van der Waals surface area contributed by atoms with Crippen LogP contribution < -0.4 is 5.32 Å². The SMILES string of the molecule is Cc1nc(C(C)Nc2ccc(O)cc2)cs1. The van der Waals surface area contributed by atoms with E-state index in [0.29, 0.717) is 0 Å². The van der Waals surface area contributed by atoms with Crippen molar-refractivity contribution >= 4 is 17.0 Å². The van der Waals surface area contributed by atoms with Crippen molar-refractivity contribution in [2.24, 2.45) is 0 Å². The lowest BCUT2D eigenvalue weighted by atomic mass is 10.2. The van der Waals surface area contributed by atoms with E-state index in [0.717, 1.165) is 16.4 Å². The molecule has 3 nitrogen and oxygen atoms in total. The van der Waals surface area contributed by atoms with Gasteiger partial charge in [0.05, 0.1) is 16.7 Å². The molecule has 1 aromatic carbocycles. The maximum absolute atomic E-state index is 9.17. The Balaban J connectivity index is 2.07. The zero-order valence-corrected chi connectivity index (χ0v) is 10.1. The summed E-state index contributed by atoms with van der Waals surface area (Å²) in [4.78, 5) is 4.43. The van der Waals surface area contributed by atoms with E-state index in [2.05, 4.69) is 22.6 Å². The standard InChI is InChI=1S/C12H14N2OS/c1-8(12-7-16-9(2)14-12)13-10-3-5-11(15)6-4-10/h3-8,13,15H,1-2H3. The van der Waals surface area contributed by atoms with Crippen molar-refractivity contribution in [3.05, 3.63) is 40.3 Å². The van der Waals surface area contributed by atoms with Crippen LogP contribution in [-0.2, 0) is 0 Å². The Labute approximate surface area is 98.8 Å². The normalized spacial score (nSPS) is 12.4. The van der Waals surface area contributed by atoms with Crippen LogP contribution in [0.3, 0.4) is 0 Å². The molecule has 0 saturated carbocycles. The lowest BCUT2D eigenvalue weighted by Crippen LogP contribution is -2.06. The molecule has 16 heavy (non-hydrogen) atoms.